The highest BCUT2D eigenvalue weighted by Gasteiger charge is 1.97. The lowest BCUT2D eigenvalue weighted by atomic mass is 10.2. The molecule has 74 valence electrons. The zero-order valence-electron chi connectivity index (χ0n) is 8.41. The van der Waals surface area contributed by atoms with Crippen LogP contribution < -0.4 is 5.32 Å². The fourth-order valence-corrected chi connectivity index (χ4v) is 1.47. The zero-order chi connectivity index (χ0) is 9.23. The maximum atomic E-state index is 5.57. The summed E-state index contributed by atoms with van der Waals surface area (Å²) >= 11 is 5.57. The van der Waals surface area contributed by atoms with Gasteiger partial charge in [-0.05, 0) is 32.7 Å². The number of hydrogen-bond donors (Lipinski definition) is 1. The van der Waals surface area contributed by atoms with Gasteiger partial charge >= 0.3 is 0 Å². The highest BCUT2D eigenvalue weighted by molar-refractivity contribution is 6.17. The van der Waals surface area contributed by atoms with E-state index >= 15 is 0 Å². The Morgan fingerprint density at radius 2 is 2.00 bits per heavy atom. The van der Waals surface area contributed by atoms with Gasteiger partial charge in [0.25, 0.3) is 0 Å². The number of rotatable bonds is 8. The van der Waals surface area contributed by atoms with Crippen molar-refractivity contribution in [3.63, 3.8) is 0 Å². The van der Waals surface area contributed by atoms with Gasteiger partial charge in [-0.15, -0.1) is 11.6 Å². The Kier molecular flexibility index (Phi) is 9.53. The number of nitrogens with one attached hydrogen (secondary N) is 1. The highest BCUT2D eigenvalue weighted by atomic mass is 35.5. The summed E-state index contributed by atoms with van der Waals surface area (Å²) in [7, 11) is 0. The first-order chi connectivity index (χ1) is 5.81. The smallest absolute Gasteiger partial charge is 0.0223 e. The molecule has 2 heteroatoms. The van der Waals surface area contributed by atoms with E-state index in [1.165, 1.54) is 25.7 Å². The Bertz CT molecular complexity index is 85.9. The monoisotopic (exact) mass is 191 g/mol. The van der Waals surface area contributed by atoms with Gasteiger partial charge in [-0.3, -0.25) is 0 Å². The van der Waals surface area contributed by atoms with Crippen LogP contribution in [0.2, 0.25) is 0 Å². The molecule has 0 aromatic carbocycles. The Morgan fingerprint density at radius 1 is 1.25 bits per heavy atom. The standard InChI is InChI=1S/C10H22ClN/c1-3-7-10(2)12-9-6-4-5-8-11/h10,12H,3-9H2,1-2H3. The lowest BCUT2D eigenvalue weighted by Gasteiger charge is -2.11. The van der Waals surface area contributed by atoms with Gasteiger partial charge < -0.3 is 5.32 Å². The van der Waals surface area contributed by atoms with Crippen molar-refractivity contribution in [2.24, 2.45) is 0 Å². The molecular formula is C10H22ClN. The summed E-state index contributed by atoms with van der Waals surface area (Å²) in [6.07, 6.45) is 6.24. The molecule has 0 amide bonds. The van der Waals surface area contributed by atoms with Crippen molar-refractivity contribution in [2.75, 3.05) is 12.4 Å². The summed E-state index contributed by atoms with van der Waals surface area (Å²) in [5.41, 5.74) is 0. The molecule has 1 nitrogen and oxygen atoms in total. The second-order valence-corrected chi connectivity index (χ2v) is 3.77. The van der Waals surface area contributed by atoms with E-state index in [4.69, 9.17) is 11.6 Å². The fourth-order valence-electron chi connectivity index (χ4n) is 1.28. The highest BCUT2D eigenvalue weighted by Crippen LogP contribution is 1.98. The van der Waals surface area contributed by atoms with Crippen molar-refractivity contribution in [1.82, 2.24) is 5.32 Å². The largest absolute Gasteiger partial charge is 0.314 e. The molecular weight excluding hydrogens is 170 g/mol. The normalized spacial score (nSPS) is 13.2. The molecule has 1 unspecified atom stereocenters. The van der Waals surface area contributed by atoms with Gasteiger partial charge in [0.1, 0.15) is 0 Å². The molecule has 0 aliphatic carbocycles. The van der Waals surface area contributed by atoms with E-state index in [9.17, 15) is 0 Å². The minimum Gasteiger partial charge on any atom is -0.314 e. The van der Waals surface area contributed by atoms with Crippen LogP contribution in [0.15, 0.2) is 0 Å². The molecule has 1 N–H and O–H groups in total. The first-order valence-electron chi connectivity index (χ1n) is 5.10. The third kappa shape index (κ3) is 8.35. The molecule has 0 saturated carbocycles. The SMILES string of the molecule is CCCC(C)NCCCCCCl. The van der Waals surface area contributed by atoms with Gasteiger partial charge in [0.05, 0.1) is 0 Å². The van der Waals surface area contributed by atoms with Crippen LogP contribution in [0.3, 0.4) is 0 Å². The van der Waals surface area contributed by atoms with E-state index in [1.807, 2.05) is 0 Å². The molecule has 0 rings (SSSR count). The van der Waals surface area contributed by atoms with Gasteiger partial charge in [-0.2, -0.15) is 0 Å². The zero-order valence-corrected chi connectivity index (χ0v) is 9.16. The summed E-state index contributed by atoms with van der Waals surface area (Å²) < 4.78 is 0. The second-order valence-electron chi connectivity index (χ2n) is 3.39. The summed E-state index contributed by atoms with van der Waals surface area (Å²) in [5.74, 6) is 0.810. The lowest BCUT2D eigenvalue weighted by molar-refractivity contribution is 0.494. The molecule has 0 saturated heterocycles. The van der Waals surface area contributed by atoms with Crippen LogP contribution in [0, 0.1) is 0 Å². The van der Waals surface area contributed by atoms with Gasteiger partial charge in [-0.25, -0.2) is 0 Å². The Morgan fingerprint density at radius 3 is 2.58 bits per heavy atom. The molecule has 0 aromatic rings. The van der Waals surface area contributed by atoms with Crippen LogP contribution in [0.4, 0.5) is 0 Å². The van der Waals surface area contributed by atoms with E-state index < -0.39 is 0 Å². The van der Waals surface area contributed by atoms with E-state index in [-0.39, 0.29) is 0 Å². The van der Waals surface area contributed by atoms with Crippen LogP contribution in [-0.4, -0.2) is 18.5 Å². The Balaban J connectivity index is 2.97. The van der Waals surface area contributed by atoms with E-state index in [0.29, 0.717) is 6.04 Å². The van der Waals surface area contributed by atoms with Crippen molar-refractivity contribution < 1.29 is 0 Å². The predicted octanol–water partition coefficient (Wildman–Crippen LogP) is 3.17. The predicted molar refractivity (Wildman–Crippen MR) is 56.9 cm³/mol. The second kappa shape index (κ2) is 9.34. The summed E-state index contributed by atoms with van der Waals surface area (Å²) in [6, 6.07) is 0.686. The Hall–Kier alpha value is 0.250. The fraction of sp³-hybridized carbons (Fsp3) is 1.00. The average Bonchev–Trinajstić information content (AvgIpc) is 2.05. The molecule has 0 fully saturated rings. The first kappa shape index (κ1) is 12.2. The van der Waals surface area contributed by atoms with Crippen LogP contribution in [0.1, 0.15) is 46.0 Å². The number of alkyl halides is 1. The van der Waals surface area contributed by atoms with Gasteiger partial charge in [0.2, 0.25) is 0 Å². The molecule has 0 aliphatic heterocycles. The lowest BCUT2D eigenvalue weighted by Crippen LogP contribution is -2.26. The van der Waals surface area contributed by atoms with Crippen molar-refractivity contribution in [3.8, 4) is 0 Å². The summed E-state index contributed by atoms with van der Waals surface area (Å²) in [6.45, 7) is 5.63. The maximum Gasteiger partial charge on any atom is 0.0223 e. The number of hydrogen-bond acceptors (Lipinski definition) is 1. The Labute approximate surface area is 81.9 Å². The molecule has 0 spiro atoms. The molecule has 1 atom stereocenters. The molecule has 0 aromatic heterocycles. The average molecular weight is 192 g/mol. The molecule has 0 heterocycles. The van der Waals surface area contributed by atoms with Gasteiger partial charge in [0, 0.05) is 11.9 Å². The number of halogens is 1. The van der Waals surface area contributed by atoms with E-state index in [0.717, 1.165) is 18.8 Å². The van der Waals surface area contributed by atoms with Crippen LogP contribution in [-0.2, 0) is 0 Å². The van der Waals surface area contributed by atoms with Crippen molar-refractivity contribution in [2.45, 2.75) is 52.0 Å². The van der Waals surface area contributed by atoms with E-state index in [1.54, 1.807) is 0 Å². The quantitative estimate of drug-likeness (QED) is 0.459. The topological polar surface area (TPSA) is 12.0 Å². The van der Waals surface area contributed by atoms with Crippen LogP contribution in [0.5, 0.6) is 0 Å². The summed E-state index contributed by atoms with van der Waals surface area (Å²) in [5, 5.41) is 3.50. The number of unbranched alkanes of at least 4 members (excludes halogenated alkanes) is 2. The van der Waals surface area contributed by atoms with Crippen molar-refractivity contribution in [3.05, 3.63) is 0 Å². The van der Waals surface area contributed by atoms with Crippen molar-refractivity contribution in [1.29, 1.82) is 0 Å². The molecule has 0 aliphatic rings. The minimum absolute atomic E-state index is 0.686. The first-order valence-corrected chi connectivity index (χ1v) is 5.64. The molecule has 12 heavy (non-hydrogen) atoms. The van der Waals surface area contributed by atoms with Gasteiger partial charge in [0.15, 0.2) is 0 Å². The van der Waals surface area contributed by atoms with Crippen LogP contribution >= 0.6 is 11.6 Å². The third-order valence-corrected chi connectivity index (χ3v) is 2.29. The molecule has 0 bridgehead atoms. The maximum absolute atomic E-state index is 5.57. The third-order valence-electron chi connectivity index (χ3n) is 2.02. The van der Waals surface area contributed by atoms with Crippen molar-refractivity contribution >= 4 is 11.6 Å². The van der Waals surface area contributed by atoms with Gasteiger partial charge in [-0.1, -0.05) is 19.8 Å². The summed E-state index contributed by atoms with van der Waals surface area (Å²) in [4.78, 5) is 0. The minimum atomic E-state index is 0.686. The van der Waals surface area contributed by atoms with Crippen LogP contribution in [0.25, 0.3) is 0 Å². The van der Waals surface area contributed by atoms with E-state index in [2.05, 4.69) is 19.2 Å². The molecule has 0 radical (unpaired) electrons.